The zero-order valence-corrected chi connectivity index (χ0v) is 23.6. The monoisotopic (exact) mass is 539 g/mol. The molecule has 0 radical (unpaired) electrons. The Labute approximate surface area is 230 Å². The van der Waals surface area contributed by atoms with E-state index in [9.17, 15) is 19.5 Å². The number of rotatable bonds is 12. The third-order valence-electron chi connectivity index (χ3n) is 8.44. The zero-order valence-electron chi connectivity index (χ0n) is 22.8. The van der Waals surface area contributed by atoms with Crippen molar-refractivity contribution in [1.82, 2.24) is 14.7 Å². The molecule has 3 fully saturated rings. The molecule has 3 saturated heterocycles. The summed E-state index contributed by atoms with van der Waals surface area (Å²) in [4.78, 5) is 47.9. The van der Waals surface area contributed by atoms with E-state index in [1.165, 1.54) is 0 Å². The van der Waals surface area contributed by atoms with Gasteiger partial charge in [-0.1, -0.05) is 49.4 Å². The summed E-state index contributed by atoms with van der Waals surface area (Å²) >= 11 is 1.67. The maximum atomic E-state index is 14.3. The molecule has 0 saturated carbocycles. The maximum absolute atomic E-state index is 14.3. The fourth-order valence-electron chi connectivity index (χ4n) is 6.71. The van der Waals surface area contributed by atoms with Gasteiger partial charge in [0.05, 0.1) is 29.2 Å². The van der Waals surface area contributed by atoms with Gasteiger partial charge >= 0.3 is 0 Å². The molecule has 3 heterocycles. The lowest BCUT2D eigenvalue weighted by Gasteiger charge is -2.40. The van der Waals surface area contributed by atoms with Crippen LogP contribution >= 0.6 is 11.8 Å². The molecule has 3 amide bonds. The van der Waals surface area contributed by atoms with E-state index in [1.54, 1.807) is 38.6 Å². The molecule has 7 nitrogen and oxygen atoms in total. The van der Waals surface area contributed by atoms with Gasteiger partial charge in [0, 0.05) is 30.9 Å². The van der Waals surface area contributed by atoms with Gasteiger partial charge in [0.15, 0.2) is 0 Å². The first-order valence-electron chi connectivity index (χ1n) is 13.7. The molecule has 2 bridgehead atoms. The number of likely N-dealkylation sites (tertiary alicyclic amines) is 1. The second kappa shape index (κ2) is 11.7. The van der Waals surface area contributed by atoms with Crippen LogP contribution in [0.2, 0.25) is 0 Å². The van der Waals surface area contributed by atoms with Crippen molar-refractivity contribution in [2.75, 3.05) is 19.7 Å². The Bertz CT molecular complexity index is 1060. The molecular weight excluding hydrogens is 498 g/mol. The van der Waals surface area contributed by atoms with Crippen LogP contribution in [-0.4, -0.2) is 85.3 Å². The smallest absolute Gasteiger partial charge is 0.247 e. The molecule has 1 spiro atoms. The van der Waals surface area contributed by atoms with Gasteiger partial charge < -0.3 is 19.8 Å². The van der Waals surface area contributed by atoms with Crippen molar-refractivity contribution in [3.63, 3.8) is 0 Å². The van der Waals surface area contributed by atoms with E-state index < -0.39 is 28.7 Å². The van der Waals surface area contributed by atoms with Crippen LogP contribution in [0.15, 0.2) is 55.6 Å². The van der Waals surface area contributed by atoms with Crippen LogP contribution in [-0.2, 0) is 20.9 Å². The molecule has 0 aliphatic carbocycles. The number of hydrogen-bond acceptors (Lipinski definition) is 5. The van der Waals surface area contributed by atoms with Crippen LogP contribution in [0.25, 0.3) is 0 Å². The summed E-state index contributed by atoms with van der Waals surface area (Å²) in [6.07, 6.45) is 5.45. The Morgan fingerprint density at radius 3 is 2.45 bits per heavy atom. The van der Waals surface area contributed by atoms with E-state index in [0.717, 1.165) is 12.0 Å². The number of carbonyl (C=O) groups excluding carboxylic acids is 3. The minimum atomic E-state index is -0.714. The molecule has 4 rings (SSSR count). The molecular formula is C30H41N3O4S. The summed E-state index contributed by atoms with van der Waals surface area (Å²) in [5, 5.41) is 10.2. The predicted octanol–water partition coefficient (Wildman–Crippen LogP) is 3.49. The van der Waals surface area contributed by atoms with Crippen molar-refractivity contribution in [1.29, 1.82) is 0 Å². The molecule has 1 N–H and O–H groups in total. The summed E-state index contributed by atoms with van der Waals surface area (Å²) in [5.74, 6) is -1.43. The molecule has 0 aromatic heterocycles. The fourth-order valence-corrected chi connectivity index (χ4v) is 8.91. The number of nitrogens with zero attached hydrogens (tertiary/aromatic N) is 3. The number of aliphatic hydroxyl groups excluding tert-OH is 1. The number of amides is 3. The zero-order chi connectivity index (χ0) is 27.6. The van der Waals surface area contributed by atoms with Gasteiger partial charge in [0.2, 0.25) is 17.7 Å². The number of hydrogen-bond donors (Lipinski definition) is 1. The first-order valence-corrected chi connectivity index (χ1v) is 14.6. The van der Waals surface area contributed by atoms with Gasteiger partial charge in [-0.3, -0.25) is 14.4 Å². The second-order valence-electron chi connectivity index (χ2n) is 10.9. The van der Waals surface area contributed by atoms with Crippen LogP contribution in [0.5, 0.6) is 0 Å². The summed E-state index contributed by atoms with van der Waals surface area (Å²) < 4.78 is -0.678. The first-order chi connectivity index (χ1) is 18.2. The number of fused-ring (bicyclic) bond motifs is 1. The lowest BCUT2D eigenvalue weighted by Crippen LogP contribution is -2.58. The fraction of sp³-hybridized carbons (Fsp3) is 0.567. The van der Waals surface area contributed by atoms with Crippen LogP contribution in [0.4, 0.5) is 0 Å². The SMILES string of the molecule is C=CCN(Cc1ccccc1)C(=O)[C@@H]1[C@@H]2CCC3(S2)C(C(=O)N(CC=C)C(C)C)N([C@@H](CC)CO)C(=O)[C@H]13. The van der Waals surface area contributed by atoms with Gasteiger partial charge in [-0.15, -0.1) is 24.9 Å². The maximum Gasteiger partial charge on any atom is 0.247 e. The summed E-state index contributed by atoms with van der Waals surface area (Å²) in [5.41, 5.74) is 1.02. The summed E-state index contributed by atoms with van der Waals surface area (Å²) in [6.45, 7) is 14.5. The van der Waals surface area contributed by atoms with E-state index in [-0.39, 0.29) is 35.6 Å². The third-order valence-corrected chi connectivity index (χ3v) is 10.4. The van der Waals surface area contributed by atoms with Crippen molar-refractivity contribution in [3.05, 3.63) is 61.2 Å². The van der Waals surface area contributed by atoms with E-state index in [1.807, 2.05) is 51.1 Å². The van der Waals surface area contributed by atoms with Gasteiger partial charge in [0.25, 0.3) is 0 Å². The van der Waals surface area contributed by atoms with Crippen molar-refractivity contribution in [3.8, 4) is 0 Å². The van der Waals surface area contributed by atoms with Crippen LogP contribution in [0, 0.1) is 11.8 Å². The average molecular weight is 540 g/mol. The highest BCUT2D eigenvalue weighted by Gasteiger charge is 2.74. The van der Waals surface area contributed by atoms with Crippen molar-refractivity contribution in [2.24, 2.45) is 11.8 Å². The molecule has 1 aromatic rings. The summed E-state index contributed by atoms with van der Waals surface area (Å²) in [7, 11) is 0. The number of thioether (sulfide) groups is 1. The minimum absolute atomic E-state index is 0.0157. The largest absolute Gasteiger partial charge is 0.394 e. The van der Waals surface area contributed by atoms with Gasteiger partial charge in [-0.2, -0.15) is 0 Å². The standard InChI is InChI=1S/C30H41N3O4S/c1-6-16-31(18-21-12-10-9-11-13-21)27(35)24-23-14-15-30(38-23)25(24)28(36)33(22(8-3)19-34)26(30)29(37)32(17-7-2)20(4)5/h6-7,9-13,20,22-26,34H,1-2,8,14-19H2,3-5H3/t22-,23-,24+,25-,26?,30?/m0/s1. The molecule has 206 valence electrons. The third kappa shape index (κ3) is 4.70. The Kier molecular flexibility index (Phi) is 8.72. The van der Waals surface area contributed by atoms with E-state index in [2.05, 4.69) is 13.2 Å². The molecule has 8 heteroatoms. The summed E-state index contributed by atoms with van der Waals surface area (Å²) in [6, 6.07) is 8.57. The normalized spacial score (nSPS) is 28.3. The Morgan fingerprint density at radius 2 is 1.87 bits per heavy atom. The van der Waals surface area contributed by atoms with Crippen LogP contribution < -0.4 is 0 Å². The molecule has 1 aromatic carbocycles. The van der Waals surface area contributed by atoms with E-state index in [0.29, 0.717) is 32.5 Å². The average Bonchev–Trinajstić information content (AvgIpc) is 3.55. The number of carbonyl (C=O) groups is 3. The Hall–Kier alpha value is -2.58. The highest BCUT2D eigenvalue weighted by Crippen LogP contribution is 2.67. The van der Waals surface area contributed by atoms with Gasteiger partial charge in [-0.05, 0) is 38.7 Å². The molecule has 3 aliphatic rings. The van der Waals surface area contributed by atoms with E-state index in [4.69, 9.17) is 0 Å². The van der Waals surface area contributed by atoms with Crippen molar-refractivity contribution in [2.45, 2.75) is 74.7 Å². The second-order valence-corrected chi connectivity index (χ2v) is 12.5. The predicted molar refractivity (Wildman–Crippen MR) is 151 cm³/mol. The number of benzene rings is 1. The van der Waals surface area contributed by atoms with E-state index >= 15 is 0 Å². The van der Waals surface area contributed by atoms with Gasteiger partial charge in [-0.25, -0.2) is 0 Å². The number of aliphatic hydroxyl groups is 1. The lowest BCUT2D eigenvalue weighted by atomic mass is 9.70. The molecule has 38 heavy (non-hydrogen) atoms. The van der Waals surface area contributed by atoms with Gasteiger partial charge in [0.1, 0.15) is 6.04 Å². The van der Waals surface area contributed by atoms with Crippen LogP contribution in [0.1, 0.15) is 45.6 Å². The lowest BCUT2D eigenvalue weighted by molar-refractivity contribution is -0.147. The molecule has 6 atom stereocenters. The quantitative estimate of drug-likeness (QED) is 0.412. The molecule has 3 aliphatic heterocycles. The van der Waals surface area contributed by atoms with Crippen molar-refractivity contribution < 1.29 is 19.5 Å². The topological polar surface area (TPSA) is 81.2 Å². The van der Waals surface area contributed by atoms with Crippen molar-refractivity contribution >= 4 is 29.5 Å². The molecule has 2 unspecified atom stereocenters. The highest BCUT2D eigenvalue weighted by molar-refractivity contribution is 8.02. The Balaban J connectivity index is 1.74. The Morgan fingerprint density at radius 1 is 1.18 bits per heavy atom. The first kappa shape index (κ1) is 28.4. The highest BCUT2D eigenvalue weighted by atomic mass is 32.2. The van der Waals surface area contributed by atoms with Crippen LogP contribution in [0.3, 0.4) is 0 Å². The minimum Gasteiger partial charge on any atom is -0.394 e.